The monoisotopic (exact) mass is 593 g/mol. The molecule has 1 amide bonds. The summed E-state index contributed by atoms with van der Waals surface area (Å²) in [7, 11) is -2.59. The lowest BCUT2D eigenvalue weighted by Crippen LogP contribution is -2.32. The lowest BCUT2D eigenvalue weighted by molar-refractivity contribution is 0.0977. The Labute approximate surface area is 242 Å². The van der Waals surface area contributed by atoms with Crippen LogP contribution in [-0.2, 0) is 10.0 Å². The van der Waals surface area contributed by atoms with Crippen LogP contribution in [0.1, 0.15) is 45.9 Å². The van der Waals surface area contributed by atoms with Crippen molar-refractivity contribution in [3.63, 3.8) is 0 Å². The number of fused-ring (bicyclic) bond motifs is 1. The van der Waals surface area contributed by atoms with Crippen molar-refractivity contribution in [2.45, 2.75) is 31.7 Å². The molecule has 0 aliphatic heterocycles. The highest BCUT2D eigenvalue weighted by atomic mass is 35.5. The quantitative estimate of drug-likeness (QED) is 0.195. The molecule has 0 radical (unpaired) electrons. The fraction of sp³-hybridized carbons (Fsp3) is 0.172. The van der Waals surface area contributed by atoms with Crippen molar-refractivity contribution in [2.24, 2.45) is 10.7 Å². The van der Waals surface area contributed by atoms with Crippen molar-refractivity contribution in [3.8, 4) is 0 Å². The Morgan fingerprint density at radius 3 is 2.51 bits per heavy atom. The van der Waals surface area contributed by atoms with Crippen LogP contribution in [0.2, 0.25) is 5.15 Å². The predicted molar refractivity (Wildman–Crippen MR) is 161 cm³/mol. The van der Waals surface area contributed by atoms with Gasteiger partial charge in [-0.25, -0.2) is 18.1 Å². The molecule has 4 N–H and O–H groups in total. The molecular weight excluding hydrogens is 566 g/mol. The Kier molecular flexibility index (Phi) is 8.60. The van der Waals surface area contributed by atoms with E-state index in [1.807, 2.05) is 17.7 Å². The molecule has 2 aromatic heterocycles. The number of pyridine rings is 1. The second-order valence-corrected chi connectivity index (χ2v) is 11.3. The molecule has 1 atom stereocenters. The average molecular weight is 594 g/mol. The van der Waals surface area contributed by atoms with Crippen LogP contribution >= 0.6 is 11.6 Å². The fourth-order valence-electron chi connectivity index (χ4n) is 4.35. The van der Waals surface area contributed by atoms with Gasteiger partial charge in [0.15, 0.2) is 11.1 Å². The largest absolute Gasteiger partial charge is 0.455 e. The number of rotatable bonds is 8. The molecule has 2 aromatic carbocycles. The van der Waals surface area contributed by atoms with Crippen LogP contribution in [0.4, 0.5) is 5.69 Å². The van der Waals surface area contributed by atoms with Crippen LogP contribution in [0.25, 0.3) is 16.5 Å². The first-order valence-corrected chi connectivity index (χ1v) is 14.3. The Hall–Kier alpha value is -4.48. The highest BCUT2D eigenvalue weighted by Crippen LogP contribution is 2.31. The van der Waals surface area contributed by atoms with Gasteiger partial charge < -0.3 is 15.5 Å². The zero-order valence-electron chi connectivity index (χ0n) is 22.7. The van der Waals surface area contributed by atoms with Crippen LogP contribution in [0.3, 0.4) is 0 Å². The van der Waals surface area contributed by atoms with E-state index in [-0.39, 0.29) is 32.6 Å². The number of allylic oxidation sites excluding steroid dienone is 1. The van der Waals surface area contributed by atoms with Gasteiger partial charge in [0.2, 0.25) is 0 Å². The molecule has 4 rings (SSSR count). The summed E-state index contributed by atoms with van der Waals surface area (Å²) in [5.74, 6) is -0.687. The van der Waals surface area contributed by atoms with Crippen molar-refractivity contribution in [1.29, 1.82) is 0 Å². The number of aromatic nitrogens is 1. The molecule has 0 aliphatic rings. The second-order valence-electron chi connectivity index (χ2n) is 9.27. The minimum absolute atomic E-state index is 0.00345. The Balaban J connectivity index is 1.77. The van der Waals surface area contributed by atoms with Crippen LogP contribution in [-0.4, -0.2) is 32.6 Å². The maximum Gasteiger partial charge on any atom is 0.285 e. The van der Waals surface area contributed by atoms with Gasteiger partial charge in [0.25, 0.3) is 15.9 Å². The number of amides is 1. The van der Waals surface area contributed by atoms with E-state index >= 15 is 0 Å². The van der Waals surface area contributed by atoms with Crippen molar-refractivity contribution in [2.75, 3.05) is 12.4 Å². The number of halogens is 1. The number of aliphatic imine (C=N–C) groups is 1. The smallest absolute Gasteiger partial charge is 0.285 e. The number of carbonyl (C=O) groups is 1. The molecule has 0 saturated carbocycles. The van der Waals surface area contributed by atoms with Crippen molar-refractivity contribution < 1.29 is 17.6 Å². The summed E-state index contributed by atoms with van der Waals surface area (Å²) in [6.45, 7) is 5.31. The van der Waals surface area contributed by atoms with E-state index in [1.165, 1.54) is 36.7 Å². The number of sulfonamides is 1. The molecule has 4 aromatic rings. The molecule has 10 nitrogen and oxygen atoms in total. The first-order chi connectivity index (χ1) is 19.5. The van der Waals surface area contributed by atoms with Crippen LogP contribution in [0.5, 0.6) is 0 Å². The Bertz CT molecular complexity index is 1870. The maximum atomic E-state index is 13.4. The zero-order valence-corrected chi connectivity index (χ0v) is 24.3. The number of anilines is 1. The van der Waals surface area contributed by atoms with Crippen molar-refractivity contribution >= 4 is 56.0 Å². The van der Waals surface area contributed by atoms with Gasteiger partial charge in [0, 0.05) is 30.6 Å². The van der Waals surface area contributed by atoms with Crippen LogP contribution in [0, 0.1) is 13.8 Å². The Morgan fingerprint density at radius 1 is 1.15 bits per heavy atom. The molecule has 0 fully saturated rings. The third-order valence-electron chi connectivity index (χ3n) is 6.30. The number of nitrogens with two attached hydrogens (primary N) is 1. The topological polar surface area (TPSA) is 157 Å². The summed E-state index contributed by atoms with van der Waals surface area (Å²) in [5, 5.41) is 3.57. The standard InChI is InChI=1S/C29H28ClN5O5S/c1-16-12-21(28-22(13-16)26(36)17(2)27(40-28)19(14-31)15-32-4)18(3)33-23-10-11-24(30)34-25(23)29(37)35-41(38,39)20-8-6-5-7-9-20/h5-15,18,33H,31H2,1-4H3,(H,35,37)/b19-14+,32-15?/t18-/m1/s1. The fourth-order valence-corrected chi connectivity index (χ4v) is 5.47. The summed E-state index contributed by atoms with van der Waals surface area (Å²) >= 11 is 6.08. The molecule has 212 valence electrons. The van der Waals surface area contributed by atoms with E-state index in [9.17, 15) is 18.0 Å². The lowest BCUT2D eigenvalue weighted by atomic mass is 9.99. The summed E-state index contributed by atoms with van der Waals surface area (Å²) in [6.07, 6.45) is 2.81. The van der Waals surface area contributed by atoms with E-state index in [4.69, 9.17) is 21.8 Å². The molecule has 2 heterocycles. The van der Waals surface area contributed by atoms with Crippen molar-refractivity contribution in [3.05, 3.63) is 104 Å². The van der Waals surface area contributed by atoms with E-state index in [0.29, 0.717) is 27.7 Å². The molecular formula is C29H28ClN5O5S. The number of hydrogen-bond donors (Lipinski definition) is 3. The number of nitrogens with one attached hydrogen (secondary N) is 2. The highest BCUT2D eigenvalue weighted by molar-refractivity contribution is 7.90. The van der Waals surface area contributed by atoms with Gasteiger partial charge in [0.05, 0.1) is 27.6 Å². The molecule has 0 aliphatic carbocycles. The first-order valence-electron chi connectivity index (χ1n) is 12.4. The third kappa shape index (κ3) is 6.16. The first kappa shape index (κ1) is 29.5. The summed E-state index contributed by atoms with van der Waals surface area (Å²) < 4.78 is 33.9. The highest BCUT2D eigenvalue weighted by Gasteiger charge is 2.24. The molecule has 41 heavy (non-hydrogen) atoms. The third-order valence-corrected chi connectivity index (χ3v) is 7.85. The summed E-state index contributed by atoms with van der Waals surface area (Å²) in [4.78, 5) is 34.5. The number of carbonyl (C=O) groups excluding carboxylic acids is 1. The molecule has 0 bridgehead atoms. The number of benzene rings is 2. The van der Waals surface area contributed by atoms with Gasteiger partial charge in [-0.05, 0) is 56.7 Å². The molecule has 12 heteroatoms. The van der Waals surface area contributed by atoms with Gasteiger partial charge in [-0.15, -0.1) is 0 Å². The normalized spacial score (nSPS) is 13.0. The molecule has 0 unspecified atom stereocenters. The van der Waals surface area contributed by atoms with Crippen molar-refractivity contribution in [1.82, 2.24) is 9.71 Å². The van der Waals surface area contributed by atoms with Gasteiger partial charge in [-0.1, -0.05) is 35.9 Å². The minimum Gasteiger partial charge on any atom is -0.455 e. The van der Waals surface area contributed by atoms with Gasteiger partial charge in [-0.2, -0.15) is 0 Å². The second kappa shape index (κ2) is 11.9. The lowest BCUT2D eigenvalue weighted by Gasteiger charge is -2.20. The number of hydrogen-bond acceptors (Lipinski definition) is 9. The van der Waals surface area contributed by atoms with Gasteiger partial charge in [-0.3, -0.25) is 14.6 Å². The average Bonchev–Trinajstić information content (AvgIpc) is 2.94. The number of aryl methyl sites for hydroxylation is 1. The van der Waals surface area contributed by atoms with E-state index in [1.54, 1.807) is 45.2 Å². The SMILES string of the molecule is CN=C/C(=C\N)c1oc2c([C@@H](C)Nc3ccc(Cl)nc3C(=O)NS(=O)(=O)c3ccccc3)cc(C)cc2c(=O)c1C. The van der Waals surface area contributed by atoms with E-state index < -0.39 is 22.0 Å². The predicted octanol–water partition coefficient (Wildman–Crippen LogP) is 4.75. The minimum atomic E-state index is -4.17. The Morgan fingerprint density at radius 2 is 1.85 bits per heavy atom. The molecule has 0 spiro atoms. The summed E-state index contributed by atoms with van der Waals surface area (Å²) in [6, 6.07) is 13.5. The zero-order chi connectivity index (χ0) is 29.9. The van der Waals surface area contributed by atoms with Crippen LogP contribution < -0.4 is 21.2 Å². The summed E-state index contributed by atoms with van der Waals surface area (Å²) in [5.41, 5.74) is 8.12. The number of nitrogens with zero attached hydrogens (tertiary/aromatic N) is 2. The van der Waals surface area contributed by atoms with Gasteiger partial charge >= 0.3 is 0 Å². The van der Waals surface area contributed by atoms with Crippen LogP contribution in [0.15, 0.2) is 79.9 Å². The maximum absolute atomic E-state index is 13.4. The molecule has 0 saturated heterocycles. The van der Waals surface area contributed by atoms with E-state index in [0.717, 1.165) is 5.56 Å². The van der Waals surface area contributed by atoms with E-state index in [2.05, 4.69) is 15.3 Å². The van der Waals surface area contributed by atoms with Gasteiger partial charge in [0.1, 0.15) is 16.5 Å².